The largest absolute Gasteiger partial charge is 0.369 e. The number of nitrogens with one attached hydrogen (secondary N) is 1. The molecule has 0 aromatic heterocycles. The first-order chi connectivity index (χ1) is 6.77. The summed E-state index contributed by atoms with van der Waals surface area (Å²) in [6.07, 6.45) is 0.364. The van der Waals surface area contributed by atoms with Crippen LogP contribution in [0.1, 0.15) is 20.8 Å². The predicted octanol–water partition coefficient (Wildman–Crippen LogP) is 2.59. The Hall–Kier alpha value is -1.02. The molecule has 2 heteroatoms. The summed E-state index contributed by atoms with van der Waals surface area (Å²) >= 11 is 0. The highest BCUT2D eigenvalue weighted by Gasteiger charge is 2.08. The molecular formula is C12H19N2. The Morgan fingerprint density at radius 2 is 2.07 bits per heavy atom. The van der Waals surface area contributed by atoms with Crippen LogP contribution in [0.25, 0.3) is 0 Å². The fourth-order valence-corrected chi connectivity index (χ4v) is 1.57. The Morgan fingerprint density at radius 1 is 1.36 bits per heavy atom. The normalized spacial score (nSPS) is 12.9. The highest BCUT2D eigenvalue weighted by molar-refractivity contribution is 5.41. The zero-order valence-corrected chi connectivity index (χ0v) is 9.25. The maximum atomic E-state index is 3.41. The Balaban J connectivity index is 2.52. The lowest BCUT2D eigenvalue weighted by atomic mass is 10.3. The molecule has 0 spiro atoms. The highest BCUT2D eigenvalue weighted by atomic mass is 15.3. The summed E-state index contributed by atoms with van der Waals surface area (Å²) in [5.74, 6) is 0. The van der Waals surface area contributed by atoms with Gasteiger partial charge in [0.25, 0.3) is 0 Å². The molecule has 77 valence electrons. The van der Waals surface area contributed by atoms with E-state index in [0.717, 1.165) is 18.8 Å². The molecular weight excluding hydrogens is 172 g/mol. The molecule has 0 aliphatic heterocycles. The number of rotatable bonds is 5. The van der Waals surface area contributed by atoms with Gasteiger partial charge in [-0.05, 0) is 26.1 Å². The monoisotopic (exact) mass is 191 g/mol. The Bertz CT molecular complexity index is 242. The van der Waals surface area contributed by atoms with Gasteiger partial charge in [0.15, 0.2) is 0 Å². The van der Waals surface area contributed by atoms with E-state index in [4.69, 9.17) is 0 Å². The molecule has 0 heterocycles. The van der Waals surface area contributed by atoms with Crippen molar-refractivity contribution in [3.05, 3.63) is 30.3 Å². The lowest BCUT2D eigenvalue weighted by molar-refractivity contribution is 0.253. The highest BCUT2D eigenvalue weighted by Crippen LogP contribution is 2.08. The van der Waals surface area contributed by atoms with Gasteiger partial charge in [0.05, 0.1) is 6.17 Å². The van der Waals surface area contributed by atoms with Crippen LogP contribution in [0.15, 0.2) is 24.3 Å². The minimum Gasteiger partial charge on any atom is -0.369 e. The number of nitrogens with zero attached hydrogens (tertiary/aromatic N) is 1. The van der Waals surface area contributed by atoms with Gasteiger partial charge in [0, 0.05) is 11.8 Å². The number of benzene rings is 1. The summed E-state index contributed by atoms with van der Waals surface area (Å²) in [7, 11) is 0. The molecule has 0 aliphatic carbocycles. The first-order valence-electron chi connectivity index (χ1n) is 5.25. The third-order valence-electron chi connectivity index (χ3n) is 2.43. The van der Waals surface area contributed by atoms with Crippen molar-refractivity contribution in [2.75, 3.05) is 18.4 Å². The summed E-state index contributed by atoms with van der Waals surface area (Å²) < 4.78 is 0. The molecule has 1 unspecified atom stereocenters. The van der Waals surface area contributed by atoms with Crippen LogP contribution in [-0.2, 0) is 0 Å². The van der Waals surface area contributed by atoms with Crippen LogP contribution in [0.2, 0.25) is 0 Å². The van der Waals surface area contributed by atoms with Gasteiger partial charge >= 0.3 is 0 Å². The number of anilines is 1. The molecule has 1 aromatic carbocycles. The van der Waals surface area contributed by atoms with Crippen molar-refractivity contribution in [1.82, 2.24) is 4.90 Å². The van der Waals surface area contributed by atoms with Crippen molar-refractivity contribution in [2.24, 2.45) is 0 Å². The molecule has 1 aromatic rings. The number of hydrogen-bond acceptors (Lipinski definition) is 2. The third-order valence-corrected chi connectivity index (χ3v) is 2.43. The fourth-order valence-electron chi connectivity index (χ4n) is 1.57. The van der Waals surface area contributed by atoms with Gasteiger partial charge in [-0.15, -0.1) is 0 Å². The van der Waals surface area contributed by atoms with Crippen LogP contribution in [-0.4, -0.2) is 24.2 Å². The van der Waals surface area contributed by atoms with Gasteiger partial charge in [0.2, 0.25) is 0 Å². The second-order valence-corrected chi connectivity index (χ2v) is 3.32. The average Bonchev–Trinajstić information content (AvgIpc) is 2.21. The molecule has 1 atom stereocenters. The molecule has 1 rings (SSSR count). The Morgan fingerprint density at radius 3 is 2.57 bits per heavy atom. The van der Waals surface area contributed by atoms with Crippen LogP contribution in [0.3, 0.4) is 0 Å². The minimum atomic E-state index is 0.364. The lowest BCUT2D eigenvalue weighted by Crippen LogP contribution is -2.38. The average molecular weight is 191 g/mol. The first-order valence-corrected chi connectivity index (χ1v) is 5.25. The van der Waals surface area contributed by atoms with Crippen LogP contribution in [0.4, 0.5) is 5.69 Å². The van der Waals surface area contributed by atoms with E-state index in [0.29, 0.717) is 6.17 Å². The molecule has 0 bridgehead atoms. The molecule has 2 nitrogen and oxygen atoms in total. The summed E-state index contributed by atoms with van der Waals surface area (Å²) in [4.78, 5) is 2.36. The van der Waals surface area contributed by atoms with E-state index >= 15 is 0 Å². The molecule has 0 amide bonds. The van der Waals surface area contributed by atoms with Gasteiger partial charge in [-0.3, -0.25) is 4.90 Å². The second kappa shape index (κ2) is 5.66. The third kappa shape index (κ3) is 3.04. The van der Waals surface area contributed by atoms with Crippen molar-refractivity contribution < 1.29 is 0 Å². The topological polar surface area (TPSA) is 15.3 Å². The van der Waals surface area contributed by atoms with Gasteiger partial charge in [-0.2, -0.15) is 0 Å². The molecule has 1 N–H and O–H groups in total. The maximum Gasteiger partial charge on any atom is 0.0764 e. The zero-order valence-electron chi connectivity index (χ0n) is 9.25. The van der Waals surface area contributed by atoms with E-state index in [1.807, 2.05) is 24.3 Å². The van der Waals surface area contributed by atoms with Gasteiger partial charge in [-0.1, -0.05) is 32.0 Å². The van der Waals surface area contributed by atoms with Gasteiger partial charge < -0.3 is 5.32 Å². The molecule has 14 heavy (non-hydrogen) atoms. The van der Waals surface area contributed by atoms with E-state index in [1.54, 1.807) is 0 Å². The summed E-state index contributed by atoms with van der Waals surface area (Å²) in [6.45, 7) is 8.66. The molecule has 0 fully saturated rings. The van der Waals surface area contributed by atoms with E-state index < -0.39 is 0 Å². The molecule has 1 radical (unpaired) electrons. The standard InChI is InChI=1S/C12H19N2/c1-4-14(5-2)11(3)13-12-9-7-6-8-10-12/h6-9,11,13H,4-5H2,1-3H3. The van der Waals surface area contributed by atoms with E-state index in [9.17, 15) is 0 Å². The van der Waals surface area contributed by atoms with E-state index in [2.05, 4.69) is 37.1 Å². The summed E-state index contributed by atoms with van der Waals surface area (Å²) in [5.41, 5.74) is 1.06. The van der Waals surface area contributed by atoms with Crippen LogP contribution in [0.5, 0.6) is 0 Å². The second-order valence-electron chi connectivity index (χ2n) is 3.32. The van der Waals surface area contributed by atoms with E-state index in [1.165, 1.54) is 0 Å². The zero-order chi connectivity index (χ0) is 10.4. The fraction of sp³-hybridized carbons (Fsp3) is 0.500. The van der Waals surface area contributed by atoms with Crippen LogP contribution >= 0.6 is 0 Å². The quantitative estimate of drug-likeness (QED) is 0.720. The Labute approximate surface area is 86.9 Å². The molecule has 0 saturated heterocycles. The van der Waals surface area contributed by atoms with Crippen molar-refractivity contribution in [2.45, 2.75) is 26.9 Å². The minimum absolute atomic E-state index is 0.364. The van der Waals surface area contributed by atoms with Crippen molar-refractivity contribution in [1.29, 1.82) is 0 Å². The predicted molar refractivity (Wildman–Crippen MR) is 61.3 cm³/mol. The Kier molecular flexibility index (Phi) is 4.47. The molecule has 0 saturated carbocycles. The molecule has 0 aliphatic rings. The van der Waals surface area contributed by atoms with Crippen LogP contribution < -0.4 is 5.32 Å². The maximum absolute atomic E-state index is 3.41. The lowest BCUT2D eigenvalue weighted by Gasteiger charge is -2.27. The van der Waals surface area contributed by atoms with Gasteiger partial charge in [0.1, 0.15) is 0 Å². The van der Waals surface area contributed by atoms with E-state index in [-0.39, 0.29) is 0 Å². The smallest absolute Gasteiger partial charge is 0.0764 e. The number of hydrogen-bond donors (Lipinski definition) is 1. The summed E-state index contributed by atoms with van der Waals surface area (Å²) in [5, 5.41) is 3.41. The van der Waals surface area contributed by atoms with Crippen LogP contribution in [0, 0.1) is 6.07 Å². The SMILES string of the molecule is CCN(CC)C(C)Nc1[c]cccc1. The van der Waals surface area contributed by atoms with Crippen molar-refractivity contribution in [3.63, 3.8) is 0 Å². The van der Waals surface area contributed by atoms with Gasteiger partial charge in [-0.25, -0.2) is 0 Å². The van der Waals surface area contributed by atoms with Crippen molar-refractivity contribution in [3.8, 4) is 0 Å². The van der Waals surface area contributed by atoms with Crippen molar-refractivity contribution >= 4 is 5.69 Å². The first kappa shape index (κ1) is 11.1. The summed E-state index contributed by atoms with van der Waals surface area (Å²) in [6, 6.07) is 11.1. The number of para-hydroxylation sites is 1.